The van der Waals surface area contributed by atoms with Crippen LogP contribution in [-0.2, 0) is 24.3 Å². The lowest BCUT2D eigenvalue weighted by atomic mass is 10.1. The molecule has 0 aliphatic heterocycles. The van der Waals surface area contributed by atoms with Crippen molar-refractivity contribution < 1.29 is 4.74 Å². The van der Waals surface area contributed by atoms with Crippen LogP contribution in [0.1, 0.15) is 28.2 Å². The summed E-state index contributed by atoms with van der Waals surface area (Å²) in [4.78, 5) is 10.7. The van der Waals surface area contributed by atoms with Gasteiger partial charge >= 0.3 is 0 Å². The number of thioether (sulfide) groups is 1. The lowest BCUT2D eigenvalue weighted by Crippen LogP contribution is -2.09. The number of rotatable bonds is 8. The van der Waals surface area contributed by atoms with Crippen molar-refractivity contribution in [2.24, 2.45) is 0 Å². The number of imidazole rings is 1. The molecular weight excluding hydrogens is 362 g/mol. The van der Waals surface area contributed by atoms with E-state index in [0.29, 0.717) is 11.9 Å². The molecule has 0 radical (unpaired) electrons. The van der Waals surface area contributed by atoms with Gasteiger partial charge in [-0.05, 0) is 13.2 Å². The van der Waals surface area contributed by atoms with Gasteiger partial charge in [0.25, 0.3) is 0 Å². The molecule has 0 fully saturated rings. The summed E-state index contributed by atoms with van der Waals surface area (Å²) in [6.07, 6.45) is 5.13. The fourth-order valence-corrected chi connectivity index (χ4v) is 4.29. The summed E-state index contributed by atoms with van der Waals surface area (Å²) in [5.41, 5.74) is 4.64. The van der Waals surface area contributed by atoms with Crippen molar-refractivity contribution in [3.63, 3.8) is 0 Å². The number of benzene rings is 1. The van der Waals surface area contributed by atoms with Crippen LogP contribution in [0.4, 0.5) is 0 Å². The number of ether oxygens (including phenoxy) is 1. The summed E-state index contributed by atoms with van der Waals surface area (Å²) in [5, 5.41) is 1.57. The average Bonchev–Trinajstić information content (AvgIpc) is 3.20. The summed E-state index contributed by atoms with van der Waals surface area (Å²) in [6, 6.07) is 10.5. The molecular formula is C20H25N3OS2. The summed E-state index contributed by atoms with van der Waals surface area (Å²) in [7, 11) is 1.71. The van der Waals surface area contributed by atoms with E-state index >= 15 is 0 Å². The Labute approximate surface area is 163 Å². The first-order valence-corrected chi connectivity index (χ1v) is 10.8. The third kappa shape index (κ3) is 4.37. The van der Waals surface area contributed by atoms with E-state index in [-0.39, 0.29) is 0 Å². The standard InChI is InChI=1S/C20H25N3OS2/c1-14(25-4)10-17-20(16-8-6-5-7-9-16)21-13-23(17)11-18-15(2)22-19(26-18)12-24-3/h5-9,13-14H,10-12H2,1-4H3/t14-/m0/s1. The topological polar surface area (TPSA) is 39.9 Å². The van der Waals surface area contributed by atoms with Crippen LogP contribution in [0.3, 0.4) is 0 Å². The highest BCUT2D eigenvalue weighted by Gasteiger charge is 2.17. The second-order valence-electron chi connectivity index (χ2n) is 6.33. The zero-order valence-electron chi connectivity index (χ0n) is 15.7. The Balaban J connectivity index is 1.95. The van der Waals surface area contributed by atoms with Crippen LogP contribution < -0.4 is 0 Å². The van der Waals surface area contributed by atoms with Crippen molar-refractivity contribution in [1.29, 1.82) is 0 Å². The van der Waals surface area contributed by atoms with Crippen LogP contribution in [0.15, 0.2) is 36.7 Å². The molecule has 0 bridgehead atoms. The third-order valence-corrected chi connectivity index (χ3v) is 6.48. The van der Waals surface area contributed by atoms with Crippen LogP contribution in [-0.4, -0.2) is 33.2 Å². The smallest absolute Gasteiger partial charge is 0.119 e. The number of methoxy groups -OCH3 is 1. The molecule has 1 atom stereocenters. The summed E-state index contributed by atoms with van der Waals surface area (Å²) >= 11 is 3.62. The largest absolute Gasteiger partial charge is 0.378 e. The lowest BCUT2D eigenvalue weighted by Gasteiger charge is -2.13. The maximum Gasteiger partial charge on any atom is 0.119 e. The molecule has 2 heterocycles. The van der Waals surface area contributed by atoms with Crippen LogP contribution in [0.25, 0.3) is 11.3 Å². The Morgan fingerprint density at radius 3 is 2.73 bits per heavy atom. The Hall–Kier alpha value is -1.63. The second kappa shape index (κ2) is 8.84. The van der Waals surface area contributed by atoms with E-state index < -0.39 is 0 Å². The SMILES string of the molecule is COCc1nc(C)c(Cn2cnc(-c3ccccc3)c2C[C@H](C)SC)s1. The molecule has 0 N–H and O–H groups in total. The Bertz CT molecular complexity index is 842. The predicted octanol–water partition coefficient (Wildman–Crippen LogP) is 4.80. The van der Waals surface area contributed by atoms with E-state index in [1.54, 1.807) is 18.4 Å². The van der Waals surface area contributed by atoms with Crippen molar-refractivity contribution in [2.75, 3.05) is 13.4 Å². The summed E-state index contributed by atoms with van der Waals surface area (Å²) in [5.74, 6) is 0. The van der Waals surface area contributed by atoms with Crippen molar-refractivity contribution in [3.8, 4) is 11.3 Å². The van der Waals surface area contributed by atoms with Gasteiger partial charge in [-0.3, -0.25) is 0 Å². The van der Waals surface area contributed by atoms with Crippen LogP contribution in [0.2, 0.25) is 0 Å². The number of nitrogens with zero attached hydrogens (tertiary/aromatic N) is 3. The van der Waals surface area contributed by atoms with E-state index in [0.717, 1.165) is 29.4 Å². The van der Waals surface area contributed by atoms with Gasteiger partial charge in [-0.2, -0.15) is 11.8 Å². The first-order chi connectivity index (χ1) is 12.6. The first-order valence-electron chi connectivity index (χ1n) is 8.68. The highest BCUT2D eigenvalue weighted by Crippen LogP contribution is 2.27. The molecule has 0 aliphatic carbocycles. The van der Waals surface area contributed by atoms with Gasteiger partial charge < -0.3 is 9.30 Å². The van der Waals surface area contributed by atoms with Gasteiger partial charge in [-0.15, -0.1) is 11.3 Å². The molecule has 0 saturated carbocycles. The molecule has 138 valence electrons. The van der Waals surface area contributed by atoms with Crippen molar-refractivity contribution in [1.82, 2.24) is 14.5 Å². The number of aromatic nitrogens is 3. The number of thiazole rings is 1. The third-order valence-electron chi connectivity index (χ3n) is 4.40. The quantitative estimate of drug-likeness (QED) is 0.556. The van der Waals surface area contributed by atoms with E-state index in [4.69, 9.17) is 9.72 Å². The molecule has 0 aliphatic rings. The van der Waals surface area contributed by atoms with Crippen LogP contribution in [0.5, 0.6) is 0 Å². The first kappa shape index (κ1) is 19.1. The number of hydrogen-bond donors (Lipinski definition) is 0. The molecule has 3 aromatic rings. The minimum atomic E-state index is 0.541. The zero-order valence-corrected chi connectivity index (χ0v) is 17.4. The van der Waals surface area contributed by atoms with Gasteiger partial charge in [0.2, 0.25) is 0 Å². The molecule has 0 unspecified atom stereocenters. The minimum Gasteiger partial charge on any atom is -0.378 e. The number of aryl methyl sites for hydroxylation is 1. The van der Waals surface area contributed by atoms with Crippen molar-refractivity contribution in [3.05, 3.63) is 57.9 Å². The Kier molecular flexibility index (Phi) is 6.51. The molecule has 2 aromatic heterocycles. The predicted molar refractivity (Wildman–Crippen MR) is 111 cm³/mol. The molecule has 0 spiro atoms. The molecule has 0 saturated heterocycles. The van der Waals surface area contributed by atoms with Gasteiger partial charge in [-0.1, -0.05) is 37.3 Å². The Morgan fingerprint density at radius 1 is 1.27 bits per heavy atom. The molecule has 26 heavy (non-hydrogen) atoms. The van der Waals surface area contributed by atoms with Crippen LogP contribution >= 0.6 is 23.1 Å². The second-order valence-corrected chi connectivity index (χ2v) is 8.78. The Morgan fingerprint density at radius 2 is 2.04 bits per heavy atom. The highest BCUT2D eigenvalue weighted by molar-refractivity contribution is 7.99. The van der Waals surface area contributed by atoms with Gasteiger partial charge in [0.15, 0.2) is 0 Å². The van der Waals surface area contributed by atoms with Gasteiger partial charge in [-0.25, -0.2) is 9.97 Å². The fourth-order valence-electron chi connectivity index (χ4n) is 2.93. The molecule has 6 heteroatoms. The van der Waals surface area contributed by atoms with E-state index in [1.165, 1.54) is 16.1 Å². The van der Waals surface area contributed by atoms with Crippen molar-refractivity contribution in [2.45, 2.75) is 38.7 Å². The summed E-state index contributed by atoms with van der Waals surface area (Å²) < 4.78 is 7.51. The zero-order chi connectivity index (χ0) is 18.5. The van der Waals surface area contributed by atoms with E-state index in [9.17, 15) is 0 Å². The molecule has 3 rings (SSSR count). The average molecular weight is 388 g/mol. The fraction of sp³-hybridized carbons (Fsp3) is 0.400. The van der Waals surface area contributed by atoms with E-state index in [1.807, 2.05) is 24.2 Å². The van der Waals surface area contributed by atoms with Gasteiger partial charge in [0.1, 0.15) is 5.01 Å². The molecule has 4 nitrogen and oxygen atoms in total. The van der Waals surface area contributed by atoms with Crippen LogP contribution in [0, 0.1) is 6.92 Å². The summed E-state index contributed by atoms with van der Waals surface area (Å²) in [6.45, 7) is 5.72. The van der Waals surface area contributed by atoms with Crippen molar-refractivity contribution >= 4 is 23.1 Å². The molecule has 1 aromatic carbocycles. The lowest BCUT2D eigenvalue weighted by molar-refractivity contribution is 0.184. The monoisotopic (exact) mass is 387 g/mol. The van der Waals surface area contributed by atoms with Gasteiger partial charge in [0.05, 0.1) is 30.9 Å². The minimum absolute atomic E-state index is 0.541. The normalized spacial score (nSPS) is 12.5. The maximum absolute atomic E-state index is 5.23. The van der Waals surface area contributed by atoms with Gasteiger partial charge in [0, 0.05) is 34.9 Å². The highest BCUT2D eigenvalue weighted by atomic mass is 32.2. The maximum atomic E-state index is 5.23. The van der Waals surface area contributed by atoms with E-state index in [2.05, 4.69) is 53.9 Å². The number of hydrogen-bond acceptors (Lipinski definition) is 5. The molecule has 0 amide bonds.